The molecular formula is C12H17N3O3. The maximum absolute atomic E-state index is 11.7. The van der Waals surface area contributed by atoms with Gasteiger partial charge in [0.25, 0.3) is 5.91 Å². The minimum absolute atomic E-state index is 0.0467. The number of oxime groups is 1. The predicted molar refractivity (Wildman–Crippen MR) is 67.8 cm³/mol. The first-order valence-corrected chi connectivity index (χ1v) is 5.59. The number of aromatic hydroxyl groups is 1. The van der Waals surface area contributed by atoms with Crippen molar-refractivity contribution in [2.45, 2.75) is 19.8 Å². The Bertz CT molecular complexity index is 458. The van der Waals surface area contributed by atoms with Gasteiger partial charge in [-0.25, -0.2) is 0 Å². The maximum atomic E-state index is 11.7. The number of hydrogen-bond donors (Lipinski definition) is 4. The molecule has 0 saturated carbocycles. The van der Waals surface area contributed by atoms with E-state index in [-0.39, 0.29) is 23.1 Å². The van der Waals surface area contributed by atoms with Crippen LogP contribution in [0.4, 0.5) is 0 Å². The van der Waals surface area contributed by atoms with Crippen molar-refractivity contribution >= 4 is 11.7 Å². The lowest BCUT2D eigenvalue weighted by molar-refractivity contribution is 0.0950. The number of nitrogens with one attached hydrogen (secondary N) is 1. The average Bonchev–Trinajstić information content (AvgIpc) is 2.36. The molecule has 0 heterocycles. The SMILES string of the molecule is Cc1ccc(O)c(C(=O)NCCC/C(N)=N/O)c1. The van der Waals surface area contributed by atoms with E-state index in [0.29, 0.717) is 19.4 Å². The summed E-state index contributed by atoms with van der Waals surface area (Å²) in [7, 11) is 0. The van der Waals surface area contributed by atoms with Crippen LogP contribution in [-0.2, 0) is 0 Å². The van der Waals surface area contributed by atoms with Crippen LogP contribution in [0.2, 0.25) is 0 Å². The van der Waals surface area contributed by atoms with E-state index in [9.17, 15) is 9.90 Å². The second-order valence-corrected chi connectivity index (χ2v) is 3.97. The van der Waals surface area contributed by atoms with Gasteiger partial charge in [-0.1, -0.05) is 16.8 Å². The number of amides is 1. The Labute approximate surface area is 105 Å². The van der Waals surface area contributed by atoms with Crippen LogP contribution < -0.4 is 11.1 Å². The molecule has 1 aromatic carbocycles. The van der Waals surface area contributed by atoms with Gasteiger partial charge in [0.1, 0.15) is 11.6 Å². The van der Waals surface area contributed by atoms with Crippen LogP contribution in [0.5, 0.6) is 5.75 Å². The molecule has 18 heavy (non-hydrogen) atoms. The molecule has 0 aromatic heterocycles. The minimum atomic E-state index is -0.337. The molecule has 0 fully saturated rings. The number of hydrogen-bond acceptors (Lipinski definition) is 4. The van der Waals surface area contributed by atoms with Gasteiger partial charge in [0.2, 0.25) is 0 Å². The highest BCUT2D eigenvalue weighted by Gasteiger charge is 2.10. The van der Waals surface area contributed by atoms with Crippen molar-refractivity contribution in [2.24, 2.45) is 10.9 Å². The Morgan fingerprint density at radius 3 is 2.89 bits per heavy atom. The van der Waals surface area contributed by atoms with Crippen LogP contribution in [0.3, 0.4) is 0 Å². The molecule has 98 valence electrons. The third-order valence-electron chi connectivity index (χ3n) is 2.42. The molecule has 1 rings (SSSR count). The first-order chi connectivity index (χ1) is 8.54. The van der Waals surface area contributed by atoms with Crippen LogP contribution in [-0.4, -0.2) is 28.6 Å². The molecule has 0 radical (unpaired) electrons. The van der Waals surface area contributed by atoms with Crippen LogP contribution >= 0.6 is 0 Å². The van der Waals surface area contributed by atoms with E-state index >= 15 is 0 Å². The third kappa shape index (κ3) is 3.97. The largest absolute Gasteiger partial charge is 0.507 e. The number of amidine groups is 1. The second-order valence-electron chi connectivity index (χ2n) is 3.97. The number of aryl methyl sites for hydroxylation is 1. The lowest BCUT2D eigenvalue weighted by Crippen LogP contribution is -2.25. The van der Waals surface area contributed by atoms with E-state index in [1.54, 1.807) is 12.1 Å². The summed E-state index contributed by atoms with van der Waals surface area (Å²) in [5.74, 6) is -0.257. The highest BCUT2D eigenvalue weighted by atomic mass is 16.4. The molecule has 1 amide bonds. The molecule has 1 aromatic rings. The zero-order chi connectivity index (χ0) is 13.5. The highest BCUT2D eigenvalue weighted by Crippen LogP contribution is 2.17. The average molecular weight is 251 g/mol. The topological polar surface area (TPSA) is 108 Å². The predicted octanol–water partition coefficient (Wildman–Crippen LogP) is 0.957. The summed E-state index contributed by atoms with van der Waals surface area (Å²) in [4.78, 5) is 11.7. The minimum Gasteiger partial charge on any atom is -0.507 e. The van der Waals surface area contributed by atoms with Crippen LogP contribution in [0.25, 0.3) is 0 Å². The molecule has 0 aliphatic heterocycles. The zero-order valence-corrected chi connectivity index (χ0v) is 10.2. The molecule has 0 spiro atoms. The van der Waals surface area contributed by atoms with E-state index in [0.717, 1.165) is 5.56 Å². The smallest absolute Gasteiger partial charge is 0.255 e. The monoisotopic (exact) mass is 251 g/mol. The number of rotatable bonds is 5. The van der Waals surface area contributed by atoms with Crippen molar-refractivity contribution in [1.29, 1.82) is 0 Å². The van der Waals surface area contributed by atoms with Gasteiger partial charge in [-0.15, -0.1) is 0 Å². The Hall–Kier alpha value is -2.24. The van der Waals surface area contributed by atoms with Crippen molar-refractivity contribution in [3.63, 3.8) is 0 Å². The number of phenols is 1. The Morgan fingerprint density at radius 2 is 2.22 bits per heavy atom. The van der Waals surface area contributed by atoms with Gasteiger partial charge < -0.3 is 21.4 Å². The van der Waals surface area contributed by atoms with Crippen LogP contribution in [0.15, 0.2) is 23.4 Å². The summed E-state index contributed by atoms with van der Waals surface area (Å²) >= 11 is 0. The Kier molecular flexibility index (Phi) is 4.98. The second kappa shape index (κ2) is 6.48. The third-order valence-corrected chi connectivity index (χ3v) is 2.42. The zero-order valence-electron chi connectivity index (χ0n) is 10.2. The summed E-state index contributed by atoms with van der Waals surface area (Å²) in [6.07, 6.45) is 0.963. The van der Waals surface area contributed by atoms with E-state index in [2.05, 4.69) is 10.5 Å². The van der Waals surface area contributed by atoms with Crippen molar-refractivity contribution in [3.8, 4) is 5.75 Å². The standard InChI is InChI=1S/C12H17N3O3/c1-8-4-5-10(16)9(7-8)12(17)14-6-2-3-11(13)15-18/h4-5,7,16,18H,2-3,6H2,1H3,(H2,13,15)(H,14,17). The number of nitrogens with two attached hydrogens (primary N) is 1. The van der Waals surface area contributed by atoms with Crippen molar-refractivity contribution in [2.75, 3.05) is 6.54 Å². The summed E-state index contributed by atoms with van der Waals surface area (Å²) in [6, 6.07) is 4.83. The van der Waals surface area contributed by atoms with Crippen LogP contribution in [0, 0.1) is 6.92 Å². The number of carbonyl (C=O) groups excluding carboxylic acids is 1. The maximum Gasteiger partial charge on any atom is 0.255 e. The number of nitrogens with zero attached hydrogens (tertiary/aromatic N) is 1. The van der Waals surface area contributed by atoms with Gasteiger partial charge in [0, 0.05) is 13.0 Å². The molecule has 0 unspecified atom stereocenters. The van der Waals surface area contributed by atoms with Crippen molar-refractivity contribution in [1.82, 2.24) is 5.32 Å². The summed E-state index contributed by atoms with van der Waals surface area (Å²) < 4.78 is 0. The highest BCUT2D eigenvalue weighted by molar-refractivity contribution is 5.97. The fraction of sp³-hybridized carbons (Fsp3) is 0.333. The number of benzene rings is 1. The molecule has 6 nitrogen and oxygen atoms in total. The molecule has 0 bridgehead atoms. The van der Waals surface area contributed by atoms with Gasteiger partial charge >= 0.3 is 0 Å². The fourth-order valence-electron chi connectivity index (χ4n) is 1.45. The normalized spacial score (nSPS) is 11.3. The molecule has 5 N–H and O–H groups in total. The molecule has 0 aliphatic carbocycles. The molecule has 0 saturated heterocycles. The number of phenolic OH excluding ortho intramolecular Hbond substituents is 1. The fourth-order valence-corrected chi connectivity index (χ4v) is 1.45. The lowest BCUT2D eigenvalue weighted by Gasteiger charge is -2.07. The van der Waals surface area contributed by atoms with E-state index in [1.165, 1.54) is 6.07 Å². The van der Waals surface area contributed by atoms with E-state index in [4.69, 9.17) is 10.9 Å². The van der Waals surface area contributed by atoms with Crippen molar-refractivity contribution in [3.05, 3.63) is 29.3 Å². The summed E-state index contributed by atoms with van der Waals surface area (Å²) in [5.41, 5.74) is 6.44. The quantitative estimate of drug-likeness (QED) is 0.205. The molecule has 0 aliphatic rings. The van der Waals surface area contributed by atoms with Gasteiger partial charge in [-0.2, -0.15) is 0 Å². The molecular weight excluding hydrogens is 234 g/mol. The Balaban J connectivity index is 2.48. The van der Waals surface area contributed by atoms with Gasteiger partial charge in [0.15, 0.2) is 0 Å². The van der Waals surface area contributed by atoms with Gasteiger partial charge in [-0.05, 0) is 25.5 Å². The first-order valence-electron chi connectivity index (χ1n) is 5.59. The van der Waals surface area contributed by atoms with Crippen molar-refractivity contribution < 1.29 is 15.1 Å². The van der Waals surface area contributed by atoms with E-state index < -0.39 is 0 Å². The summed E-state index contributed by atoms with van der Waals surface area (Å²) in [5, 5.41) is 23.4. The molecule has 6 heteroatoms. The van der Waals surface area contributed by atoms with E-state index in [1.807, 2.05) is 6.92 Å². The molecule has 0 atom stereocenters. The Morgan fingerprint density at radius 1 is 1.50 bits per heavy atom. The number of carbonyl (C=O) groups is 1. The first kappa shape index (κ1) is 13.8. The van der Waals surface area contributed by atoms with Gasteiger partial charge in [-0.3, -0.25) is 4.79 Å². The van der Waals surface area contributed by atoms with Crippen LogP contribution in [0.1, 0.15) is 28.8 Å². The van der Waals surface area contributed by atoms with Gasteiger partial charge in [0.05, 0.1) is 5.56 Å². The lowest BCUT2D eigenvalue weighted by atomic mass is 10.1. The summed E-state index contributed by atoms with van der Waals surface area (Å²) in [6.45, 7) is 2.23.